The molecule has 3 heteroatoms. The lowest BCUT2D eigenvalue weighted by molar-refractivity contribution is 0.0269. The third kappa shape index (κ3) is 3.16. The van der Waals surface area contributed by atoms with Crippen molar-refractivity contribution in [2.75, 3.05) is 26.7 Å². The lowest BCUT2D eigenvalue weighted by atomic mass is 9.85. The van der Waals surface area contributed by atoms with E-state index in [4.69, 9.17) is 10.5 Å². The predicted octanol–water partition coefficient (Wildman–Crippen LogP) is 1.22. The molecular formula is C12H24N2O. The van der Waals surface area contributed by atoms with Crippen molar-refractivity contribution in [1.82, 2.24) is 4.90 Å². The standard InChI is InChI=1S/C12H24N2O/c1-14(8-10-3-2-4-10)9-12-6-5-11(7-13)15-12/h10-12H,2-9,13H2,1H3. The van der Waals surface area contributed by atoms with Crippen LogP contribution in [0.4, 0.5) is 0 Å². The first-order valence-corrected chi connectivity index (χ1v) is 6.32. The highest BCUT2D eigenvalue weighted by Gasteiger charge is 2.26. The Balaban J connectivity index is 1.63. The molecule has 88 valence electrons. The molecule has 0 amide bonds. The molecule has 1 saturated carbocycles. The fourth-order valence-corrected chi connectivity index (χ4v) is 2.63. The zero-order valence-electron chi connectivity index (χ0n) is 9.82. The van der Waals surface area contributed by atoms with Gasteiger partial charge in [-0.05, 0) is 38.6 Å². The molecule has 2 atom stereocenters. The molecule has 2 N–H and O–H groups in total. The molecule has 0 aromatic heterocycles. The summed E-state index contributed by atoms with van der Waals surface area (Å²) in [5.41, 5.74) is 5.60. The van der Waals surface area contributed by atoms with Crippen LogP contribution in [0.3, 0.4) is 0 Å². The Kier molecular flexibility index (Phi) is 4.00. The first-order valence-electron chi connectivity index (χ1n) is 6.32. The van der Waals surface area contributed by atoms with Gasteiger partial charge in [-0.1, -0.05) is 6.42 Å². The summed E-state index contributed by atoms with van der Waals surface area (Å²) in [5, 5.41) is 0. The lowest BCUT2D eigenvalue weighted by Gasteiger charge is -2.31. The minimum atomic E-state index is 0.326. The number of hydrogen-bond acceptors (Lipinski definition) is 3. The van der Waals surface area contributed by atoms with Gasteiger partial charge in [-0.2, -0.15) is 0 Å². The van der Waals surface area contributed by atoms with Gasteiger partial charge in [0.2, 0.25) is 0 Å². The number of nitrogens with zero attached hydrogens (tertiary/aromatic N) is 1. The summed E-state index contributed by atoms with van der Waals surface area (Å²) in [6, 6.07) is 0. The van der Waals surface area contributed by atoms with E-state index in [1.807, 2.05) is 0 Å². The van der Waals surface area contributed by atoms with Crippen molar-refractivity contribution in [1.29, 1.82) is 0 Å². The topological polar surface area (TPSA) is 38.5 Å². The molecule has 2 fully saturated rings. The van der Waals surface area contributed by atoms with Gasteiger partial charge >= 0.3 is 0 Å². The Morgan fingerprint density at radius 2 is 1.87 bits per heavy atom. The summed E-state index contributed by atoms with van der Waals surface area (Å²) in [6.07, 6.45) is 7.40. The van der Waals surface area contributed by atoms with E-state index in [9.17, 15) is 0 Å². The van der Waals surface area contributed by atoms with Crippen LogP contribution in [0.1, 0.15) is 32.1 Å². The molecule has 1 aliphatic heterocycles. The Bertz CT molecular complexity index is 194. The highest BCUT2D eigenvalue weighted by Crippen LogP contribution is 2.27. The molecule has 2 unspecified atom stereocenters. The normalized spacial score (nSPS) is 32.2. The smallest absolute Gasteiger partial charge is 0.0707 e. The van der Waals surface area contributed by atoms with E-state index in [0.29, 0.717) is 18.8 Å². The van der Waals surface area contributed by atoms with Gasteiger partial charge < -0.3 is 15.4 Å². The van der Waals surface area contributed by atoms with Crippen molar-refractivity contribution in [3.8, 4) is 0 Å². The minimum Gasteiger partial charge on any atom is -0.372 e. The largest absolute Gasteiger partial charge is 0.372 e. The third-order valence-electron chi connectivity index (χ3n) is 3.77. The van der Waals surface area contributed by atoms with Gasteiger partial charge in [-0.3, -0.25) is 0 Å². The van der Waals surface area contributed by atoms with E-state index in [0.717, 1.165) is 18.9 Å². The van der Waals surface area contributed by atoms with Gasteiger partial charge in [0.1, 0.15) is 0 Å². The molecule has 1 heterocycles. The third-order valence-corrected chi connectivity index (χ3v) is 3.77. The summed E-state index contributed by atoms with van der Waals surface area (Å²) < 4.78 is 5.85. The molecule has 1 saturated heterocycles. The minimum absolute atomic E-state index is 0.326. The first-order chi connectivity index (χ1) is 7.28. The van der Waals surface area contributed by atoms with E-state index in [1.54, 1.807) is 0 Å². The average Bonchev–Trinajstić information content (AvgIpc) is 2.59. The van der Waals surface area contributed by atoms with Crippen molar-refractivity contribution >= 4 is 0 Å². The highest BCUT2D eigenvalue weighted by molar-refractivity contribution is 4.78. The van der Waals surface area contributed by atoms with E-state index >= 15 is 0 Å². The van der Waals surface area contributed by atoms with Crippen LogP contribution in [0, 0.1) is 5.92 Å². The SMILES string of the molecule is CN(CC1CCC1)CC1CCC(CN)O1. The average molecular weight is 212 g/mol. The molecule has 0 radical (unpaired) electrons. The molecule has 0 aromatic rings. The Labute approximate surface area is 93.0 Å². The van der Waals surface area contributed by atoms with Crippen LogP contribution in [-0.2, 0) is 4.74 Å². The zero-order valence-corrected chi connectivity index (χ0v) is 9.82. The molecular weight excluding hydrogens is 188 g/mol. The van der Waals surface area contributed by atoms with Gasteiger partial charge in [-0.15, -0.1) is 0 Å². The van der Waals surface area contributed by atoms with Crippen LogP contribution >= 0.6 is 0 Å². The van der Waals surface area contributed by atoms with E-state index in [-0.39, 0.29) is 0 Å². The van der Waals surface area contributed by atoms with Crippen molar-refractivity contribution in [3.05, 3.63) is 0 Å². The molecule has 15 heavy (non-hydrogen) atoms. The highest BCUT2D eigenvalue weighted by atomic mass is 16.5. The van der Waals surface area contributed by atoms with Crippen LogP contribution in [0.2, 0.25) is 0 Å². The molecule has 2 rings (SSSR count). The maximum atomic E-state index is 5.85. The van der Waals surface area contributed by atoms with Crippen LogP contribution in [0.5, 0.6) is 0 Å². The predicted molar refractivity (Wildman–Crippen MR) is 61.8 cm³/mol. The van der Waals surface area contributed by atoms with Gasteiger partial charge in [-0.25, -0.2) is 0 Å². The maximum absolute atomic E-state index is 5.85. The van der Waals surface area contributed by atoms with Crippen molar-refractivity contribution in [3.63, 3.8) is 0 Å². The number of hydrogen-bond donors (Lipinski definition) is 1. The summed E-state index contributed by atoms with van der Waals surface area (Å²) in [6.45, 7) is 3.03. The molecule has 0 spiro atoms. The Hall–Kier alpha value is -0.120. The maximum Gasteiger partial charge on any atom is 0.0707 e. The van der Waals surface area contributed by atoms with Crippen molar-refractivity contribution in [2.45, 2.75) is 44.3 Å². The van der Waals surface area contributed by atoms with Gasteiger partial charge in [0, 0.05) is 19.6 Å². The van der Waals surface area contributed by atoms with Crippen LogP contribution in [0.25, 0.3) is 0 Å². The molecule has 1 aliphatic carbocycles. The second-order valence-corrected chi connectivity index (χ2v) is 5.21. The van der Waals surface area contributed by atoms with Crippen molar-refractivity contribution < 1.29 is 4.74 Å². The van der Waals surface area contributed by atoms with Gasteiger partial charge in [0.05, 0.1) is 12.2 Å². The Morgan fingerprint density at radius 3 is 2.40 bits per heavy atom. The molecule has 3 nitrogen and oxygen atoms in total. The second-order valence-electron chi connectivity index (χ2n) is 5.21. The van der Waals surface area contributed by atoms with Crippen LogP contribution < -0.4 is 5.73 Å². The van der Waals surface area contributed by atoms with Gasteiger partial charge in [0.25, 0.3) is 0 Å². The summed E-state index contributed by atoms with van der Waals surface area (Å²) in [4.78, 5) is 2.44. The summed E-state index contributed by atoms with van der Waals surface area (Å²) in [5.74, 6) is 0.960. The fraction of sp³-hybridized carbons (Fsp3) is 1.00. The van der Waals surface area contributed by atoms with Crippen molar-refractivity contribution in [2.24, 2.45) is 11.7 Å². The van der Waals surface area contributed by atoms with Gasteiger partial charge in [0.15, 0.2) is 0 Å². The number of nitrogens with two attached hydrogens (primary N) is 1. The van der Waals surface area contributed by atoms with E-state index in [2.05, 4.69) is 11.9 Å². The fourth-order valence-electron chi connectivity index (χ4n) is 2.63. The quantitative estimate of drug-likeness (QED) is 0.745. The Morgan fingerprint density at radius 1 is 1.13 bits per heavy atom. The zero-order chi connectivity index (χ0) is 10.7. The number of ether oxygens (including phenoxy) is 1. The lowest BCUT2D eigenvalue weighted by Crippen LogP contribution is -2.35. The van der Waals surface area contributed by atoms with Crippen LogP contribution in [-0.4, -0.2) is 43.8 Å². The molecule has 2 aliphatic rings. The van der Waals surface area contributed by atoms with Crippen LogP contribution in [0.15, 0.2) is 0 Å². The number of likely N-dealkylation sites (N-methyl/N-ethyl adjacent to an activating group) is 1. The monoisotopic (exact) mass is 212 g/mol. The first kappa shape index (κ1) is 11.4. The summed E-state index contributed by atoms with van der Waals surface area (Å²) in [7, 11) is 2.22. The van der Waals surface area contributed by atoms with E-state index in [1.165, 1.54) is 32.2 Å². The summed E-state index contributed by atoms with van der Waals surface area (Å²) >= 11 is 0. The number of rotatable bonds is 5. The van der Waals surface area contributed by atoms with E-state index < -0.39 is 0 Å². The molecule has 0 bridgehead atoms. The second kappa shape index (κ2) is 5.28. The molecule has 0 aromatic carbocycles.